The number of nitrogens with one attached hydrogen (secondary N) is 1. The van der Waals surface area contributed by atoms with E-state index in [0.29, 0.717) is 0 Å². The fourth-order valence-electron chi connectivity index (χ4n) is 10.4. The maximum atomic E-state index is 3.91. The van der Waals surface area contributed by atoms with Gasteiger partial charge in [0.05, 0.1) is 0 Å². The van der Waals surface area contributed by atoms with Crippen LogP contribution < -0.4 is 58.2 Å². The molecule has 0 saturated carbocycles. The number of hydrogen-bond acceptors (Lipinski definition) is 4. The quantitative estimate of drug-likeness (QED) is 0.208. The third-order valence-corrected chi connectivity index (χ3v) is 12.4. The summed E-state index contributed by atoms with van der Waals surface area (Å²) in [6, 6.07) is 64.7. The Morgan fingerprint density at radius 1 is 0.436 bits per heavy atom. The first-order valence-corrected chi connectivity index (χ1v) is 19.2. The molecule has 1 radical (unpaired) electrons. The number of anilines is 10. The highest BCUT2D eigenvalue weighted by Crippen LogP contribution is 2.52. The van der Waals surface area contributed by atoms with E-state index in [-0.39, 0.29) is 13.6 Å². The first kappa shape index (κ1) is 29.6. The van der Waals surface area contributed by atoms with E-state index in [9.17, 15) is 0 Å². The second kappa shape index (κ2) is 10.9. The Hall–Kier alpha value is -6.85. The zero-order chi connectivity index (χ0) is 35.8. The Morgan fingerprint density at radius 2 is 1.00 bits per heavy atom. The molecule has 0 atom stereocenters. The summed E-state index contributed by atoms with van der Waals surface area (Å²) in [5.74, 6) is 0. The van der Waals surface area contributed by atoms with E-state index in [1.807, 2.05) is 0 Å². The molecule has 5 aliphatic heterocycles. The van der Waals surface area contributed by atoms with Crippen LogP contribution in [0.1, 0.15) is 0 Å². The Morgan fingerprint density at radius 3 is 1.73 bits per heavy atom. The summed E-state index contributed by atoms with van der Waals surface area (Å²) in [7, 11) is 2.49. The summed E-state index contributed by atoms with van der Waals surface area (Å²) in [6.45, 7) is 0.00534. The monoisotopic (exact) mass is 695 g/mol. The molecule has 4 nitrogen and oxygen atoms in total. The molecule has 0 amide bonds. The molecule has 0 saturated heterocycles. The molecule has 55 heavy (non-hydrogen) atoms. The van der Waals surface area contributed by atoms with Crippen LogP contribution in [0.2, 0.25) is 0 Å². The standard InChI is InChI=1S/C48H30B3N4/c1-3-16-30(17-4-1)52-36-24-15-29-41-42(36)43-44-47-46-48-45(43)51(55(41)31-18-5-2-6-19-31)35-23-10-14-28-40(35)54(48)39-27-13-9-22-34(39)50(46)33-21-8-12-26-38(33)53(47)37-25-11-7-20-32(37)49-44/h1-29,52H. The SMILES string of the molecule is [B]1c2ccccc2N2c3ccccc3B3c4ccccc4N4c5ccccc5B5c6c(c1c2c3c64)-c1c(Nc2ccccc2)cccc1N5c1ccccc1. The van der Waals surface area contributed by atoms with Gasteiger partial charge in [-0.25, -0.2) is 0 Å². The van der Waals surface area contributed by atoms with Gasteiger partial charge in [0.15, 0.2) is 7.28 Å². The van der Waals surface area contributed by atoms with E-state index < -0.39 is 0 Å². The summed E-state index contributed by atoms with van der Waals surface area (Å²) in [5.41, 5.74) is 23.9. The van der Waals surface area contributed by atoms with E-state index in [1.165, 1.54) is 94.9 Å². The van der Waals surface area contributed by atoms with Crippen LogP contribution in [0.5, 0.6) is 0 Å². The van der Waals surface area contributed by atoms with Crippen LogP contribution in [-0.4, -0.2) is 20.8 Å². The first-order chi connectivity index (χ1) is 27.3. The highest BCUT2D eigenvalue weighted by Gasteiger charge is 2.54. The summed E-state index contributed by atoms with van der Waals surface area (Å²) in [6.07, 6.45) is 0. The zero-order valence-electron chi connectivity index (χ0n) is 29.8. The minimum atomic E-state index is -0.0667. The van der Waals surface area contributed by atoms with Gasteiger partial charge >= 0.3 is 6.85 Å². The number of hydrogen-bond donors (Lipinski definition) is 1. The molecule has 1 N–H and O–H groups in total. The molecule has 0 unspecified atom stereocenters. The Balaban J connectivity index is 1.25. The second-order valence-corrected chi connectivity index (χ2v) is 15.1. The third kappa shape index (κ3) is 3.80. The fourth-order valence-corrected chi connectivity index (χ4v) is 10.4. The molecule has 13 rings (SSSR count). The molecular weight excluding hydrogens is 665 g/mol. The van der Waals surface area contributed by atoms with Gasteiger partial charge in [-0.2, -0.15) is 0 Å². The Labute approximate surface area is 321 Å². The summed E-state index contributed by atoms with van der Waals surface area (Å²) < 4.78 is 0. The van der Waals surface area contributed by atoms with Crippen LogP contribution in [0.15, 0.2) is 176 Å². The lowest BCUT2D eigenvalue weighted by atomic mass is 9.30. The second-order valence-electron chi connectivity index (χ2n) is 15.1. The van der Waals surface area contributed by atoms with Crippen molar-refractivity contribution >= 4 is 116 Å². The van der Waals surface area contributed by atoms with Crippen LogP contribution in [0.25, 0.3) is 11.1 Å². The normalized spacial score (nSPS) is 14.1. The summed E-state index contributed by atoms with van der Waals surface area (Å²) in [5, 5.41) is 3.91. The molecule has 8 aromatic carbocycles. The van der Waals surface area contributed by atoms with Gasteiger partial charge in [-0.1, -0.05) is 126 Å². The van der Waals surface area contributed by atoms with Crippen molar-refractivity contribution in [2.75, 3.05) is 19.9 Å². The zero-order valence-corrected chi connectivity index (χ0v) is 29.8. The summed E-state index contributed by atoms with van der Waals surface area (Å²) in [4.78, 5) is 7.81. The maximum absolute atomic E-state index is 3.91. The minimum Gasteiger partial charge on any atom is -0.376 e. The number of benzene rings is 8. The van der Waals surface area contributed by atoms with Crippen molar-refractivity contribution in [1.29, 1.82) is 0 Å². The van der Waals surface area contributed by atoms with Gasteiger partial charge in [0, 0.05) is 62.4 Å². The fraction of sp³-hybridized carbons (Fsp3) is 0. The van der Waals surface area contributed by atoms with Crippen molar-refractivity contribution in [2.24, 2.45) is 0 Å². The van der Waals surface area contributed by atoms with E-state index in [1.54, 1.807) is 0 Å². The molecule has 0 aliphatic carbocycles. The highest BCUT2D eigenvalue weighted by molar-refractivity contribution is 7.04. The van der Waals surface area contributed by atoms with Crippen molar-refractivity contribution in [3.8, 4) is 11.1 Å². The van der Waals surface area contributed by atoms with E-state index in [4.69, 9.17) is 0 Å². The average molecular weight is 695 g/mol. The van der Waals surface area contributed by atoms with Gasteiger partial charge in [0.2, 0.25) is 0 Å². The van der Waals surface area contributed by atoms with Crippen LogP contribution >= 0.6 is 0 Å². The molecule has 7 heteroatoms. The average Bonchev–Trinajstić information content (AvgIpc) is 3.25. The summed E-state index contributed by atoms with van der Waals surface area (Å²) >= 11 is 0. The van der Waals surface area contributed by atoms with Gasteiger partial charge < -0.3 is 19.9 Å². The topological polar surface area (TPSA) is 21.8 Å². The van der Waals surface area contributed by atoms with E-state index in [0.717, 1.165) is 11.4 Å². The van der Waals surface area contributed by atoms with Crippen molar-refractivity contribution in [3.63, 3.8) is 0 Å². The number of nitrogens with zero attached hydrogens (tertiary/aromatic N) is 3. The van der Waals surface area contributed by atoms with Gasteiger partial charge in [-0.3, -0.25) is 0 Å². The number of fused-ring (bicyclic) bond motifs is 14. The smallest absolute Gasteiger partial charge is 0.333 e. The van der Waals surface area contributed by atoms with Crippen molar-refractivity contribution in [1.82, 2.24) is 0 Å². The lowest BCUT2D eigenvalue weighted by molar-refractivity contribution is 1.25. The van der Waals surface area contributed by atoms with Gasteiger partial charge in [0.25, 0.3) is 6.71 Å². The van der Waals surface area contributed by atoms with Crippen molar-refractivity contribution in [3.05, 3.63) is 176 Å². The van der Waals surface area contributed by atoms with Crippen molar-refractivity contribution in [2.45, 2.75) is 0 Å². The molecule has 5 aliphatic rings. The van der Waals surface area contributed by atoms with Crippen LogP contribution in [-0.2, 0) is 0 Å². The minimum absolute atomic E-state index is 0.0667. The predicted octanol–water partition coefficient (Wildman–Crippen LogP) is 6.72. The van der Waals surface area contributed by atoms with Gasteiger partial charge in [0.1, 0.15) is 0 Å². The van der Waals surface area contributed by atoms with E-state index in [2.05, 4.69) is 203 Å². The third-order valence-electron chi connectivity index (χ3n) is 12.4. The largest absolute Gasteiger partial charge is 0.376 e. The number of para-hydroxylation sites is 6. The highest BCUT2D eigenvalue weighted by atomic mass is 15.2. The predicted molar refractivity (Wildman–Crippen MR) is 234 cm³/mol. The van der Waals surface area contributed by atoms with Crippen LogP contribution in [0.3, 0.4) is 0 Å². The Bertz CT molecular complexity index is 2920. The molecule has 8 aromatic rings. The van der Waals surface area contributed by atoms with Crippen LogP contribution in [0.4, 0.5) is 56.9 Å². The molecule has 0 spiro atoms. The maximum Gasteiger partial charge on any atom is 0.333 e. The first-order valence-electron chi connectivity index (χ1n) is 19.2. The van der Waals surface area contributed by atoms with Gasteiger partial charge in [-0.05, 0) is 93.5 Å². The lowest BCUT2D eigenvalue weighted by Gasteiger charge is -2.53. The van der Waals surface area contributed by atoms with E-state index >= 15 is 0 Å². The van der Waals surface area contributed by atoms with Gasteiger partial charge in [-0.15, -0.1) is 0 Å². The molecular formula is C48H30B3N4. The lowest BCUT2D eigenvalue weighted by Crippen LogP contribution is -2.71. The van der Waals surface area contributed by atoms with Crippen LogP contribution in [0, 0.1) is 0 Å². The Kier molecular flexibility index (Phi) is 5.85. The molecule has 0 aromatic heterocycles. The molecule has 5 heterocycles. The molecule has 251 valence electrons. The number of rotatable bonds is 3. The molecule has 0 fully saturated rings. The van der Waals surface area contributed by atoms with Crippen molar-refractivity contribution < 1.29 is 0 Å². The molecule has 0 bridgehead atoms.